The van der Waals surface area contributed by atoms with Crippen LogP contribution in [0.4, 0.5) is 4.79 Å². The van der Waals surface area contributed by atoms with Crippen molar-refractivity contribution in [2.45, 2.75) is 51.4 Å². The highest BCUT2D eigenvalue weighted by Crippen LogP contribution is 2.16. The molecular formula is C18H28N2O5. The Labute approximate surface area is 148 Å². The number of hydrogen-bond donors (Lipinski definition) is 3. The highest BCUT2D eigenvalue weighted by atomic mass is 16.6. The van der Waals surface area contributed by atoms with Crippen molar-refractivity contribution in [3.8, 4) is 0 Å². The Bertz CT molecular complexity index is 556. The van der Waals surface area contributed by atoms with Crippen LogP contribution in [0.25, 0.3) is 0 Å². The van der Waals surface area contributed by atoms with E-state index in [4.69, 9.17) is 15.2 Å². The fourth-order valence-corrected chi connectivity index (χ4v) is 1.99. The minimum absolute atomic E-state index is 0.178. The van der Waals surface area contributed by atoms with Crippen molar-refractivity contribution >= 4 is 12.1 Å². The van der Waals surface area contributed by atoms with Gasteiger partial charge in [-0.3, -0.25) is 0 Å². The molecule has 1 amide bonds. The minimum atomic E-state index is -1.48. The van der Waals surface area contributed by atoms with Crippen molar-refractivity contribution in [1.82, 2.24) is 5.32 Å². The predicted molar refractivity (Wildman–Crippen MR) is 93.7 cm³/mol. The Morgan fingerprint density at radius 2 is 1.84 bits per heavy atom. The number of nitrogens with one attached hydrogen (secondary N) is 1. The second-order valence-corrected chi connectivity index (χ2v) is 6.91. The van der Waals surface area contributed by atoms with E-state index in [1.54, 1.807) is 20.8 Å². The molecule has 0 saturated carbocycles. The first-order valence-corrected chi connectivity index (χ1v) is 8.24. The van der Waals surface area contributed by atoms with E-state index in [0.717, 1.165) is 5.56 Å². The molecule has 0 heterocycles. The van der Waals surface area contributed by atoms with Crippen LogP contribution in [0.3, 0.4) is 0 Å². The molecule has 1 atom stereocenters. The first-order valence-electron chi connectivity index (χ1n) is 8.24. The number of hydrogen-bond acceptors (Lipinski definition) is 6. The molecule has 7 heteroatoms. The van der Waals surface area contributed by atoms with Gasteiger partial charge in [0.1, 0.15) is 17.7 Å². The van der Waals surface area contributed by atoms with Crippen LogP contribution < -0.4 is 11.1 Å². The van der Waals surface area contributed by atoms with E-state index in [-0.39, 0.29) is 19.6 Å². The topological polar surface area (TPSA) is 111 Å². The third-order valence-corrected chi connectivity index (χ3v) is 3.37. The summed E-state index contributed by atoms with van der Waals surface area (Å²) >= 11 is 0. The lowest BCUT2D eigenvalue weighted by molar-refractivity contribution is -0.163. The molecule has 1 rings (SSSR count). The number of nitrogens with two attached hydrogens (primary N) is 1. The third kappa shape index (κ3) is 8.00. The van der Waals surface area contributed by atoms with Crippen LogP contribution >= 0.6 is 0 Å². The van der Waals surface area contributed by atoms with Crippen LogP contribution in [0.2, 0.25) is 0 Å². The molecule has 0 fully saturated rings. The van der Waals surface area contributed by atoms with Crippen LogP contribution in [-0.4, -0.2) is 41.5 Å². The Hall–Kier alpha value is -2.12. The maximum Gasteiger partial charge on any atom is 0.407 e. The maximum atomic E-state index is 12.1. The van der Waals surface area contributed by atoms with E-state index >= 15 is 0 Å². The molecule has 0 saturated heterocycles. The van der Waals surface area contributed by atoms with Gasteiger partial charge in [0, 0.05) is 6.54 Å². The number of benzene rings is 1. The molecule has 1 aromatic rings. The molecule has 0 unspecified atom stereocenters. The highest BCUT2D eigenvalue weighted by molar-refractivity contribution is 5.81. The number of carbonyl (C=O) groups excluding carboxylic acids is 2. The molecule has 1 aromatic carbocycles. The average Bonchev–Trinajstić information content (AvgIpc) is 2.56. The fourth-order valence-electron chi connectivity index (χ4n) is 1.99. The summed E-state index contributed by atoms with van der Waals surface area (Å²) in [5, 5.41) is 12.0. The molecule has 0 aliphatic carbocycles. The standard InChI is InChI=1S/C18H28N2O5/c1-17(2,3)25-15(22)18(19,13-21)10-7-11-20-16(23)24-12-14-8-5-4-6-9-14/h4-6,8-9,21H,7,10-13,19H2,1-3H3,(H,20,23)/t18-/m0/s1. The lowest BCUT2D eigenvalue weighted by Crippen LogP contribution is -2.54. The van der Waals surface area contributed by atoms with E-state index < -0.39 is 29.8 Å². The molecular weight excluding hydrogens is 324 g/mol. The van der Waals surface area contributed by atoms with E-state index in [0.29, 0.717) is 6.42 Å². The zero-order chi connectivity index (χ0) is 18.9. The van der Waals surface area contributed by atoms with Gasteiger partial charge in [-0.2, -0.15) is 0 Å². The van der Waals surface area contributed by atoms with Crippen molar-refractivity contribution in [3.05, 3.63) is 35.9 Å². The zero-order valence-electron chi connectivity index (χ0n) is 15.1. The van der Waals surface area contributed by atoms with Gasteiger partial charge < -0.3 is 25.6 Å². The summed E-state index contributed by atoms with van der Waals surface area (Å²) in [6.07, 6.45) is 0.0291. The molecule has 0 aromatic heterocycles. The van der Waals surface area contributed by atoms with Crippen molar-refractivity contribution in [3.63, 3.8) is 0 Å². The summed E-state index contributed by atoms with van der Waals surface area (Å²) in [6, 6.07) is 9.33. The van der Waals surface area contributed by atoms with Crippen molar-refractivity contribution < 1.29 is 24.2 Å². The predicted octanol–water partition coefficient (Wildman–Crippen LogP) is 1.72. The fraction of sp³-hybridized carbons (Fsp3) is 0.556. The maximum absolute atomic E-state index is 12.1. The largest absolute Gasteiger partial charge is 0.459 e. The Morgan fingerprint density at radius 1 is 1.20 bits per heavy atom. The number of ether oxygens (including phenoxy) is 2. The summed E-state index contributed by atoms with van der Waals surface area (Å²) in [4.78, 5) is 23.7. The molecule has 0 radical (unpaired) electrons. The average molecular weight is 352 g/mol. The molecule has 7 nitrogen and oxygen atoms in total. The van der Waals surface area contributed by atoms with Gasteiger partial charge in [0.2, 0.25) is 0 Å². The number of aliphatic hydroxyl groups excluding tert-OH is 1. The van der Waals surface area contributed by atoms with Gasteiger partial charge in [-0.15, -0.1) is 0 Å². The Morgan fingerprint density at radius 3 is 2.40 bits per heavy atom. The monoisotopic (exact) mass is 352 g/mol. The normalized spacial score (nSPS) is 13.6. The quantitative estimate of drug-likeness (QED) is 0.485. The van der Waals surface area contributed by atoms with Gasteiger partial charge >= 0.3 is 12.1 Å². The zero-order valence-corrected chi connectivity index (χ0v) is 15.1. The number of alkyl carbamates (subject to hydrolysis) is 1. The number of esters is 1. The van der Waals surface area contributed by atoms with Crippen LogP contribution in [0.15, 0.2) is 30.3 Å². The van der Waals surface area contributed by atoms with Crippen molar-refractivity contribution in [1.29, 1.82) is 0 Å². The van der Waals surface area contributed by atoms with E-state index in [1.165, 1.54) is 0 Å². The summed E-state index contributed by atoms with van der Waals surface area (Å²) in [6.45, 7) is 5.12. The van der Waals surface area contributed by atoms with Gasteiger partial charge in [0.25, 0.3) is 0 Å². The van der Waals surface area contributed by atoms with Gasteiger partial charge in [0.05, 0.1) is 6.61 Å². The molecule has 0 bridgehead atoms. The van der Waals surface area contributed by atoms with Crippen molar-refractivity contribution in [2.24, 2.45) is 5.73 Å². The first-order chi connectivity index (χ1) is 11.7. The van der Waals surface area contributed by atoms with Gasteiger partial charge in [-0.1, -0.05) is 30.3 Å². The Balaban J connectivity index is 2.32. The second kappa shape index (κ2) is 9.39. The summed E-state index contributed by atoms with van der Waals surface area (Å²) < 4.78 is 10.3. The lowest BCUT2D eigenvalue weighted by Gasteiger charge is -2.29. The number of rotatable bonds is 8. The first kappa shape index (κ1) is 20.9. The summed E-state index contributed by atoms with van der Waals surface area (Å²) in [5.74, 6) is -0.658. The van der Waals surface area contributed by atoms with E-state index in [2.05, 4.69) is 5.32 Å². The Kier molecular flexibility index (Phi) is 7.86. The van der Waals surface area contributed by atoms with Crippen LogP contribution in [0, 0.1) is 0 Å². The molecule has 25 heavy (non-hydrogen) atoms. The molecule has 0 aliphatic heterocycles. The van der Waals surface area contributed by atoms with Gasteiger partial charge in [-0.25, -0.2) is 9.59 Å². The number of amides is 1. The van der Waals surface area contributed by atoms with Gasteiger partial charge in [-0.05, 0) is 39.2 Å². The molecule has 4 N–H and O–H groups in total. The lowest BCUT2D eigenvalue weighted by atomic mass is 9.95. The number of aliphatic hydroxyl groups is 1. The van der Waals surface area contributed by atoms with Crippen LogP contribution in [0.1, 0.15) is 39.2 Å². The van der Waals surface area contributed by atoms with E-state index in [9.17, 15) is 14.7 Å². The smallest absolute Gasteiger partial charge is 0.407 e. The van der Waals surface area contributed by atoms with Crippen LogP contribution in [0.5, 0.6) is 0 Å². The van der Waals surface area contributed by atoms with Crippen molar-refractivity contribution in [2.75, 3.05) is 13.2 Å². The van der Waals surface area contributed by atoms with Gasteiger partial charge in [0.15, 0.2) is 0 Å². The number of carbonyl (C=O) groups is 2. The highest BCUT2D eigenvalue weighted by Gasteiger charge is 2.36. The molecule has 0 aliphatic rings. The second-order valence-electron chi connectivity index (χ2n) is 6.91. The molecule has 140 valence electrons. The van der Waals surface area contributed by atoms with Crippen LogP contribution in [-0.2, 0) is 20.9 Å². The summed E-state index contributed by atoms with van der Waals surface area (Å²) in [7, 11) is 0. The summed E-state index contributed by atoms with van der Waals surface area (Å²) in [5.41, 5.74) is 4.66. The SMILES string of the molecule is CC(C)(C)OC(=O)[C@@](N)(CO)CCCNC(=O)OCc1ccccc1. The minimum Gasteiger partial charge on any atom is -0.459 e. The van der Waals surface area contributed by atoms with E-state index in [1.807, 2.05) is 30.3 Å². The molecule has 0 spiro atoms. The third-order valence-electron chi connectivity index (χ3n) is 3.37.